The van der Waals surface area contributed by atoms with Crippen LogP contribution in [0.3, 0.4) is 0 Å². The van der Waals surface area contributed by atoms with Gasteiger partial charge >= 0.3 is 0 Å². The molecule has 0 bridgehead atoms. The number of likely N-dealkylation sites (tertiary alicyclic amines) is 1. The smallest absolute Gasteiger partial charge is 0.228 e. The zero-order valence-electron chi connectivity index (χ0n) is 15.8. The van der Waals surface area contributed by atoms with Crippen LogP contribution in [0.1, 0.15) is 36.9 Å². The minimum Gasteiger partial charge on any atom is -0.339 e. The highest BCUT2D eigenvalue weighted by Gasteiger charge is 2.39. The van der Waals surface area contributed by atoms with Crippen LogP contribution in [0.2, 0.25) is 0 Å². The Morgan fingerprint density at radius 2 is 1.89 bits per heavy atom. The number of halogens is 1. The van der Waals surface area contributed by atoms with E-state index in [1.807, 2.05) is 23.1 Å². The summed E-state index contributed by atoms with van der Waals surface area (Å²) in [6.45, 7) is 1.29. The third kappa shape index (κ3) is 4.38. The highest BCUT2D eigenvalue weighted by Crippen LogP contribution is 2.32. The molecule has 0 N–H and O–H groups in total. The summed E-state index contributed by atoms with van der Waals surface area (Å²) >= 11 is 0. The topological polar surface area (TPSA) is 53.5 Å². The van der Waals surface area contributed by atoms with Crippen molar-refractivity contribution in [3.05, 3.63) is 65.7 Å². The highest BCUT2D eigenvalue weighted by atomic mass is 19.1. The van der Waals surface area contributed by atoms with E-state index in [-0.39, 0.29) is 23.5 Å². The van der Waals surface area contributed by atoms with Gasteiger partial charge in [0.1, 0.15) is 5.82 Å². The van der Waals surface area contributed by atoms with Crippen LogP contribution in [-0.4, -0.2) is 39.2 Å². The van der Waals surface area contributed by atoms with Gasteiger partial charge in [0.05, 0.1) is 18.2 Å². The first kappa shape index (κ1) is 18.6. The van der Waals surface area contributed by atoms with Gasteiger partial charge in [-0.1, -0.05) is 18.2 Å². The second-order valence-electron chi connectivity index (χ2n) is 7.65. The standard InChI is InChI=1S/C22H24FN3O2/c23-18-7-4-16(5-8-18)13-25(15-19-3-1-2-12-24-19)22(28)17-6-11-21(27)26(14-17)20-9-10-20/h1-5,7-8,12,17,20H,6,9-11,13-15H2/t17-/m0/s1. The van der Waals surface area contributed by atoms with E-state index in [1.165, 1.54) is 12.1 Å². The van der Waals surface area contributed by atoms with Crippen molar-refractivity contribution < 1.29 is 14.0 Å². The van der Waals surface area contributed by atoms with Crippen LogP contribution >= 0.6 is 0 Å². The molecule has 0 spiro atoms. The number of benzene rings is 1. The van der Waals surface area contributed by atoms with E-state index < -0.39 is 0 Å². The molecule has 1 aromatic carbocycles. The number of carbonyl (C=O) groups is 2. The molecule has 1 aliphatic carbocycles. The Morgan fingerprint density at radius 3 is 2.57 bits per heavy atom. The average molecular weight is 381 g/mol. The van der Waals surface area contributed by atoms with E-state index in [2.05, 4.69) is 4.98 Å². The van der Waals surface area contributed by atoms with Crippen LogP contribution in [0, 0.1) is 11.7 Å². The van der Waals surface area contributed by atoms with Gasteiger partial charge in [0, 0.05) is 31.7 Å². The zero-order valence-corrected chi connectivity index (χ0v) is 15.8. The van der Waals surface area contributed by atoms with Crippen molar-refractivity contribution in [2.45, 2.75) is 44.8 Å². The van der Waals surface area contributed by atoms with Crippen LogP contribution < -0.4 is 0 Å². The fourth-order valence-corrected chi connectivity index (χ4v) is 3.78. The van der Waals surface area contributed by atoms with Crippen molar-refractivity contribution in [3.63, 3.8) is 0 Å². The predicted octanol–water partition coefficient (Wildman–Crippen LogP) is 3.15. The molecule has 1 atom stereocenters. The van der Waals surface area contributed by atoms with Gasteiger partial charge < -0.3 is 9.80 Å². The van der Waals surface area contributed by atoms with Gasteiger partial charge in [0.2, 0.25) is 11.8 Å². The number of piperidine rings is 1. The lowest BCUT2D eigenvalue weighted by atomic mass is 9.95. The molecule has 2 aromatic rings. The van der Waals surface area contributed by atoms with Crippen molar-refractivity contribution in [1.82, 2.24) is 14.8 Å². The second-order valence-corrected chi connectivity index (χ2v) is 7.65. The summed E-state index contributed by atoms with van der Waals surface area (Å²) in [5.74, 6) is -0.283. The van der Waals surface area contributed by atoms with E-state index in [0.29, 0.717) is 38.5 Å². The number of hydrogen-bond donors (Lipinski definition) is 0. The molecule has 2 heterocycles. The molecule has 1 aromatic heterocycles. The summed E-state index contributed by atoms with van der Waals surface area (Å²) in [5, 5.41) is 0. The lowest BCUT2D eigenvalue weighted by molar-refractivity contribution is -0.144. The lowest BCUT2D eigenvalue weighted by Gasteiger charge is -2.35. The Morgan fingerprint density at radius 1 is 1.11 bits per heavy atom. The van der Waals surface area contributed by atoms with E-state index in [1.54, 1.807) is 23.2 Å². The normalized spacial score (nSPS) is 19.5. The third-order valence-electron chi connectivity index (χ3n) is 5.46. The Kier molecular flexibility index (Phi) is 5.37. The van der Waals surface area contributed by atoms with Crippen LogP contribution in [0.15, 0.2) is 48.7 Å². The molecule has 146 valence electrons. The summed E-state index contributed by atoms with van der Waals surface area (Å²) in [6, 6.07) is 12.2. The SMILES string of the molecule is O=C([C@H]1CCC(=O)N(C2CC2)C1)N(Cc1ccc(F)cc1)Cc1ccccn1. The molecule has 2 aliphatic rings. The molecule has 2 fully saturated rings. The predicted molar refractivity (Wildman–Crippen MR) is 102 cm³/mol. The van der Waals surface area contributed by atoms with Crippen LogP contribution in [0.4, 0.5) is 4.39 Å². The van der Waals surface area contributed by atoms with E-state index in [4.69, 9.17) is 0 Å². The van der Waals surface area contributed by atoms with Gasteiger partial charge in [-0.3, -0.25) is 14.6 Å². The lowest BCUT2D eigenvalue weighted by Crippen LogP contribution is -2.47. The summed E-state index contributed by atoms with van der Waals surface area (Å²) in [7, 11) is 0. The highest BCUT2D eigenvalue weighted by molar-refractivity contribution is 5.84. The molecule has 6 heteroatoms. The fourth-order valence-electron chi connectivity index (χ4n) is 3.78. The Hall–Kier alpha value is -2.76. The number of aromatic nitrogens is 1. The van der Waals surface area contributed by atoms with E-state index in [9.17, 15) is 14.0 Å². The summed E-state index contributed by atoms with van der Waals surface area (Å²) in [5.41, 5.74) is 1.68. The molecule has 28 heavy (non-hydrogen) atoms. The molecule has 5 nitrogen and oxygen atoms in total. The maximum absolute atomic E-state index is 13.4. The number of rotatable bonds is 6. The number of hydrogen-bond acceptors (Lipinski definition) is 3. The molecule has 0 unspecified atom stereocenters. The molecule has 4 rings (SSSR count). The largest absolute Gasteiger partial charge is 0.339 e. The molecule has 1 aliphatic heterocycles. The van der Waals surface area contributed by atoms with Gasteiger partial charge in [-0.15, -0.1) is 0 Å². The first-order valence-electron chi connectivity index (χ1n) is 9.83. The number of pyridine rings is 1. The monoisotopic (exact) mass is 381 g/mol. The van der Waals surface area contributed by atoms with Crippen LogP contribution in [-0.2, 0) is 22.7 Å². The van der Waals surface area contributed by atoms with Gasteiger partial charge in [0.15, 0.2) is 0 Å². The quantitative estimate of drug-likeness (QED) is 0.772. The number of carbonyl (C=O) groups excluding carboxylic acids is 2. The first-order chi connectivity index (χ1) is 13.6. The Balaban J connectivity index is 1.52. The summed E-state index contributed by atoms with van der Waals surface area (Å²) in [6.07, 6.45) is 4.81. The van der Waals surface area contributed by atoms with Gasteiger partial charge in [-0.2, -0.15) is 0 Å². The Bertz CT molecular complexity index is 837. The maximum Gasteiger partial charge on any atom is 0.228 e. The maximum atomic E-state index is 13.4. The van der Waals surface area contributed by atoms with Gasteiger partial charge in [-0.05, 0) is 49.1 Å². The Labute approximate surface area is 164 Å². The molecule has 0 radical (unpaired) electrons. The van der Waals surface area contributed by atoms with Crippen LogP contribution in [0.5, 0.6) is 0 Å². The second kappa shape index (κ2) is 8.09. The summed E-state index contributed by atoms with van der Waals surface area (Å²) < 4.78 is 13.3. The van der Waals surface area contributed by atoms with Gasteiger partial charge in [0.25, 0.3) is 0 Å². The van der Waals surface area contributed by atoms with E-state index in [0.717, 1.165) is 24.1 Å². The fraction of sp³-hybridized carbons (Fsp3) is 0.409. The average Bonchev–Trinajstić information content (AvgIpc) is 3.55. The van der Waals surface area contributed by atoms with Crippen molar-refractivity contribution in [2.75, 3.05) is 6.54 Å². The molecular formula is C22H24FN3O2. The third-order valence-corrected chi connectivity index (χ3v) is 5.46. The van der Waals surface area contributed by atoms with E-state index >= 15 is 0 Å². The number of nitrogens with zero attached hydrogens (tertiary/aromatic N) is 3. The number of amides is 2. The summed E-state index contributed by atoms with van der Waals surface area (Å²) in [4.78, 5) is 33.6. The zero-order chi connectivity index (χ0) is 19.5. The van der Waals surface area contributed by atoms with Crippen molar-refractivity contribution in [2.24, 2.45) is 5.92 Å². The van der Waals surface area contributed by atoms with Gasteiger partial charge in [-0.25, -0.2) is 4.39 Å². The van der Waals surface area contributed by atoms with Crippen molar-refractivity contribution in [1.29, 1.82) is 0 Å². The van der Waals surface area contributed by atoms with Crippen molar-refractivity contribution >= 4 is 11.8 Å². The minimum atomic E-state index is -0.294. The molecule has 1 saturated heterocycles. The molecular weight excluding hydrogens is 357 g/mol. The van der Waals surface area contributed by atoms with Crippen molar-refractivity contribution in [3.8, 4) is 0 Å². The molecule has 1 saturated carbocycles. The first-order valence-corrected chi connectivity index (χ1v) is 9.83. The molecule has 2 amide bonds. The minimum absolute atomic E-state index is 0.0353. The van der Waals surface area contributed by atoms with Crippen LogP contribution in [0.25, 0.3) is 0 Å².